The van der Waals surface area contributed by atoms with E-state index in [1.807, 2.05) is 31.2 Å². The van der Waals surface area contributed by atoms with Crippen LogP contribution in [0, 0.1) is 6.92 Å². The third-order valence-electron chi connectivity index (χ3n) is 3.62. The van der Waals surface area contributed by atoms with Crippen LogP contribution in [0.5, 0.6) is 0 Å². The van der Waals surface area contributed by atoms with E-state index in [4.69, 9.17) is 0 Å². The van der Waals surface area contributed by atoms with E-state index in [9.17, 15) is 9.00 Å². The van der Waals surface area contributed by atoms with Crippen molar-refractivity contribution in [3.63, 3.8) is 0 Å². The molecule has 19 heavy (non-hydrogen) atoms. The molecule has 0 aromatic heterocycles. The van der Waals surface area contributed by atoms with Crippen LogP contribution >= 0.6 is 0 Å². The van der Waals surface area contributed by atoms with Crippen LogP contribution in [0.25, 0.3) is 0 Å². The SMILES string of the molecule is Cc1ccc2c(c1)[SH](C)(=O)NC1=C(C=CCC1)C2=O. The standard InChI is InChI=1S/C15H17NO2S/c1-10-7-8-12-14(9-10)19(2,18)16-13-6-4-3-5-11(13)15(12)17/h3,5,7-9,19H,4,6H2,1-2H3,(H,16,18). The van der Waals surface area contributed by atoms with Gasteiger partial charge in [-0.2, -0.15) is 0 Å². The Bertz CT molecular complexity index is 685. The molecule has 0 fully saturated rings. The van der Waals surface area contributed by atoms with Crippen LogP contribution in [0.3, 0.4) is 0 Å². The lowest BCUT2D eigenvalue weighted by atomic mass is 9.95. The fourth-order valence-electron chi connectivity index (χ4n) is 2.64. The van der Waals surface area contributed by atoms with Gasteiger partial charge < -0.3 is 4.72 Å². The molecule has 2 aliphatic rings. The van der Waals surface area contributed by atoms with Gasteiger partial charge in [0.15, 0.2) is 5.78 Å². The van der Waals surface area contributed by atoms with Crippen LogP contribution in [0.15, 0.2) is 46.5 Å². The molecule has 3 nitrogen and oxygen atoms in total. The second kappa shape index (κ2) is 4.17. The number of nitrogens with one attached hydrogen (secondary N) is 1. The number of hydrogen-bond donors (Lipinski definition) is 2. The zero-order valence-electron chi connectivity index (χ0n) is 11.1. The maximum atomic E-state index is 12.9. The fraction of sp³-hybridized carbons (Fsp3) is 0.267. The zero-order chi connectivity index (χ0) is 13.6. The third kappa shape index (κ3) is 1.96. The molecule has 1 aromatic rings. The van der Waals surface area contributed by atoms with Gasteiger partial charge in [-0.05, 0) is 47.6 Å². The fourth-order valence-corrected chi connectivity index (χ4v) is 4.60. The molecule has 0 spiro atoms. The van der Waals surface area contributed by atoms with Gasteiger partial charge >= 0.3 is 0 Å². The van der Waals surface area contributed by atoms with Gasteiger partial charge in [0, 0.05) is 28.0 Å². The zero-order valence-corrected chi connectivity index (χ0v) is 12.0. The molecular weight excluding hydrogens is 258 g/mol. The summed E-state index contributed by atoms with van der Waals surface area (Å²) in [5, 5.41) is 0. The summed E-state index contributed by atoms with van der Waals surface area (Å²) in [6.07, 6.45) is 7.19. The maximum Gasteiger partial charge on any atom is 0.195 e. The third-order valence-corrected chi connectivity index (χ3v) is 5.61. The van der Waals surface area contributed by atoms with Gasteiger partial charge in [0.05, 0.1) is 0 Å². The van der Waals surface area contributed by atoms with Crippen molar-refractivity contribution in [3.8, 4) is 0 Å². The Kier molecular flexibility index (Phi) is 2.71. The van der Waals surface area contributed by atoms with Gasteiger partial charge in [0.25, 0.3) is 0 Å². The normalized spacial score (nSPS) is 22.1. The predicted octanol–water partition coefficient (Wildman–Crippen LogP) is 2.31. The van der Waals surface area contributed by atoms with Crippen molar-refractivity contribution in [3.05, 3.63) is 52.7 Å². The van der Waals surface area contributed by atoms with E-state index in [1.165, 1.54) is 0 Å². The average molecular weight is 275 g/mol. The Balaban J connectivity index is 2.27. The van der Waals surface area contributed by atoms with Gasteiger partial charge in [0.1, 0.15) is 0 Å². The number of benzene rings is 1. The lowest BCUT2D eigenvalue weighted by Crippen LogP contribution is -2.29. The monoisotopic (exact) mass is 275 g/mol. The number of carbonyl (C=O) groups is 1. The first-order chi connectivity index (χ1) is 8.99. The van der Waals surface area contributed by atoms with E-state index < -0.39 is 10.1 Å². The van der Waals surface area contributed by atoms with Crippen molar-refractivity contribution < 1.29 is 9.00 Å². The van der Waals surface area contributed by atoms with E-state index in [-0.39, 0.29) is 5.78 Å². The van der Waals surface area contributed by atoms with Gasteiger partial charge in [0.2, 0.25) is 0 Å². The maximum absolute atomic E-state index is 12.9. The van der Waals surface area contributed by atoms with Crippen molar-refractivity contribution in [1.29, 1.82) is 0 Å². The van der Waals surface area contributed by atoms with E-state index in [0.29, 0.717) is 16.0 Å². The number of Topliss-reactive ketones (excluding diaryl/α,β-unsaturated/α-hetero) is 1. The number of carbonyl (C=O) groups excluding carboxylic acids is 1. The summed E-state index contributed by atoms with van der Waals surface area (Å²) in [5.74, 6) is -0.0203. The Morgan fingerprint density at radius 3 is 2.89 bits per heavy atom. The number of thiol groups is 1. The molecule has 0 atom stereocenters. The molecule has 0 amide bonds. The van der Waals surface area contributed by atoms with Crippen LogP contribution < -0.4 is 4.72 Å². The van der Waals surface area contributed by atoms with Crippen LogP contribution in [-0.4, -0.2) is 16.2 Å². The van der Waals surface area contributed by atoms with E-state index >= 15 is 0 Å². The van der Waals surface area contributed by atoms with Crippen LogP contribution in [0.1, 0.15) is 28.8 Å². The summed E-state index contributed by atoms with van der Waals surface area (Å²) < 4.78 is 16.0. The summed E-state index contributed by atoms with van der Waals surface area (Å²) in [4.78, 5) is 13.3. The number of aryl methyl sites for hydroxylation is 1. The molecule has 1 heterocycles. The highest BCUT2D eigenvalue weighted by molar-refractivity contribution is 8.00. The molecule has 0 saturated heterocycles. The second-order valence-electron chi connectivity index (χ2n) is 5.22. The summed E-state index contributed by atoms with van der Waals surface area (Å²) in [6, 6.07) is 5.56. The lowest BCUT2D eigenvalue weighted by molar-refractivity contribution is 0.103. The quantitative estimate of drug-likeness (QED) is 0.714. The Morgan fingerprint density at radius 2 is 2.11 bits per heavy atom. The summed E-state index contributed by atoms with van der Waals surface area (Å²) in [6.45, 7) is 1.95. The Labute approximate surface area is 114 Å². The molecule has 0 radical (unpaired) electrons. The minimum atomic E-state index is -2.74. The Hall–Kier alpha value is -1.68. The largest absolute Gasteiger partial charge is 0.326 e. The molecule has 0 bridgehead atoms. The van der Waals surface area contributed by atoms with Crippen molar-refractivity contribution in [1.82, 2.24) is 4.72 Å². The molecule has 0 saturated carbocycles. The molecule has 1 aliphatic heterocycles. The number of ketones is 1. The highest BCUT2D eigenvalue weighted by atomic mass is 32.3. The van der Waals surface area contributed by atoms with Crippen molar-refractivity contribution in [2.45, 2.75) is 24.7 Å². The molecular formula is C15H17NO2S. The first-order valence-electron chi connectivity index (χ1n) is 6.40. The lowest BCUT2D eigenvalue weighted by Gasteiger charge is -2.24. The molecule has 100 valence electrons. The molecule has 1 aromatic carbocycles. The number of hydrogen-bond acceptors (Lipinski definition) is 2. The number of fused-ring (bicyclic) bond motifs is 1. The van der Waals surface area contributed by atoms with E-state index in [2.05, 4.69) is 4.72 Å². The summed E-state index contributed by atoms with van der Waals surface area (Å²) in [5.41, 5.74) is 3.08. The first kappa shape index (κ1) is 12.4. The van der Waals surface area contributed by atoms with Crippen molar-refractivity contribution >= 4 is 15.9 Å². The number of rotatable bonds is 0. The van der Waals surface area contributed by atoms with Crippen LogP contribution in [0.2, 0.25) is 0 Å². The van der Waals surface area contributed by atoms with Crippen LogP contribution in [0.4, 0.5) is 0 Å². The minimum Gasteiger partial charge on any atom is -0.326 e. The highest BCUT2D eigenvalue weighted by Crippen LogP contribution is 2.31. The molecule has 1 N–H and O–H groups in total. The summed E-state index contributed by atoms with van der Waals surface area (Å²) >= 11 is 0. The number of allylic oxidation sites excluding steroid dienone is 4. The molecule has 4 heteroatoms. The van der Waals surface area contributed by atoms with Gasteiger partial charge in [-0.3, -0.25) is 9.00 Å². The Morgan fingerprint density at radius 1 is 1.32 bits per heavy atom. The first-order valence-corrected chi connectivity index (χ1v) is 8.56. The van der Waals surface area contributed by atoms with Crippen molar-refractivity contribution in [2.24, 2.45) is 0 Å². The highest BCUT2D eigenvalue weighted by Gasteiger charge is 2.29. The second-order valence-corrected chi connectivity index (χ2v) is 7.77. The van der Waals surface area contributed by atoms with Crippen LogP contribution in [-0.2, 0) is 10.1 Å². The van der Waals surface area contributed by atoms with Crippen molar-refractivity contribution in [2.75, 3.05) is 6.26 Å². The van der Waals surface area contributed by atoms with E-state index in [0.717, 1.165) is 24.1 Å². The molecule has 0 unspecified atom stereocenters. The van der Waals surface area contributed by atoms with Gasteiger partial charge in [-0.1, -0.05) is 18.2 Å². The topological polar surface area (TPSA) is 46.2 Å². The average Bonchev–Trinajstić information content (AvgIpc) is 2.45. The van der Waals surface area contributed by atoms with Gasteiger partial charge in [-0.25, -0.2) is 0 Å². The molecule has 3 rings (SSSR count). The molecule has 1 aliphatic carbocycles. The summed E-state index contributed by atoms with van der Waals surface area (Å²) in [7, 11) is -2.74. The minimum absolute atomic E-state index is 0.0203. The van der Waals surface area contributed by atoms with Gasteiger partial charge in [-0.15, -0.1) is 0 Å². The van der Waals surface area contributed by atoms with E-state index in [1.54, 1.807) is 12.3 Å². The smallest absolute Gasteiger partial charge is 0.195 e. The predicted molar refractivity (Wildman–Crippen MR) is 77.8 cm³/mol.